The van der Waals surface area contributed by atoms with Crippen molar-refractivity contribution in [3.05, 3.63) is 118 Å². The van der Waals surface area contributed by atoms with E-state index in [-0.39, 0.29) is 5.57 Å². The molecule has 0 unspecified atom stereocenters. The number of hydrogen-bond donors (Lipinski definition) is 0. The van der Waals surface area contributed by atoms with Gasteiger partial charge >= 0.3 is 6.03 Å². The number of carbonyl (C=O) groups is 3. The number of likely N-dealkylation sites (N-methyl/N-ethyl adjacent to an activating group) is 2. The first kappa shape index (κ1) is 27.8. The lowest BCUT2D eigenvalue weighted by atomic mass is 9.95. The molecule has 0 bridgehead atoms. The van der Waals surface area contributed by atoms with Crippen molar-refractivity contribution in [2.75, 3.05) is 14.1 Å². The first-order valence-corrected chi connectivity index (χ1v) is 15.4. The summed E-state index contributed by atoms with van der Waals surface area (Å²) in [5.74, 6) is -1.15. The summed E-state index contributed by atoms with van der Waals surface area (Å²) >= 11 is 0. The van der Waals surface area contributed by atoms with Gasteiger partial charge in [-0.05, 0) is 64.6 Å². The Kier molecular flexibility index (Phi) is 6.15. The molecule has 1 saturated heterocycles. The predicted octanol–water partition coefficient (Wildman–Crippen LogP) is 5.67. The van der Waals surface area contributed by atoms with Gasteiger partial charge in [0.1, 0.15) is 5.57 Å². The minimum Gasteiger partial charge on any atom is -0.344 e. The van der Waals surface area contributed by atoms with Crippen molar-refractivity contribution in [1.82, 2.24) is 18.9 Å². The first-order chi connectivity index (χ1) is 22.3. The zero-order valence-corrected chi connectivity index (χ0v) is 26.2. The fourth-order valence-corrected chi connectivity index (χ4v) is 7.43. The van der Waals surface area contributed by atoms with Crippen molar-refractivity contribution in [3.63, 3.8) is 0 Å². The molecule has 1 aliphatic heterocycles. The van der Waals surface area contributed by atoms with E-state index in [1.54, 1.807) is 0 Å². The van der Waals surface area contributed by atoms with Gasteiger partial charge in [-0.3, -0.25) is 19.4 Å². The van der Waals surface area contributed by atoms with Crippen molar-refractivity contribution in [3.8, 4) is 0 Å². The Morgan fingerprint density at radius 3 is 1.37 bits per heavy atom. The van der Waals surface area contributed by atoms with Gasteiger partial charge in [-0.1, -0.05) is 72.8 Å². The minimum atomic E-state index is -0.630. The molecule has 2 aliphatic rings. The van der Waals surface area contributed by atoms with E-state index in [1.807, 2.05) is 12.2 Å². The number of allylic oxidation sites excluding steroid dienone is 5. The maximum atomic E-state index is 13.6. The number of aryl methyl sites for hydroxylation is 2. The zero-order chi connectivity index (χ0) is 31.9. The quantitative estimate of drug-likeness (QED) is 0.189. The number of barbiturate groups is 1. The summed E-state index contributed by atoms with van der Waals surface area (Å²) < 4.78 is 4.37. The summed E-state index contributed by atoms with van der Waals surface area (Å²) in [7, 11) is 6.98. The third kappa shape index (κ3) is 3.88. The van der Waals surface area contributed by atoms with E-state index < -0.39 is 17.8 Å². The van der Waals surface area contributed by atoms with Gasteiger partial charge in [-0.25, -0.2) is 4.79 Å². The molecule has 7 nitrogen and oxygen atoms in total. The standard InChI is InChI=1S/C39H32N4O3/c1-40-29(27-13-5-9-23-11-7-15-31(40)34(23)27)21-19-25-17-18-26(33(25)36-37(44)42(3)39(46)43(4)38(36)45)20-22-30-28-14-6-10-24-12-8-16-32(35(24)28)41(30)2/h5-16,19-22H,17-18H2,1-4H3/b25-19-,26-20-,29-21-,30-22-. The molecule has 7 heteroatoms. The molecule has 2 fully saturated rings. The molecular weight excluding hydrogens is 572 g/mol. The third-order valence-electron chi connectivity index (χ3n) is 9.81. The molecule has 0 spiro atoms. The van der Waals surface area contributed by atoms with Crippen LogP contribution >= 0.6 is 0 Å². The minimum absolute atomic E-state index is 0.0340. The van der Waals surface area contributed by atoms with Crippen LogP contribution in [0.2, 0.25) is 0 Å². The van der Waals surface area contributed by atoms with Crippen LogP contribution in [0, 0.1) is 0 Å². The van der Waals surface area contributed by atoms with Crippen LogP contribution in [0.5, 0.6) is 0 Å². The lowest BCUT2D eigenvalue weighted by Gasteiger charge is -2.30. The van der Waals surface area contributed by atoms with Crippen LogP contribution < -0.4 is 10.7 Å². The summed E-state index contributed by atoms with van der Waals surface area (Å²) in [5, 5.41) is 9.18. The summed E-state index contributed by atoms with van der Waals surface area (Å²) in [4.78, 5) is 42.0. The topological polar surface area (TPSA) is 67.6 Å². The monoisotopic (exact) mass is 604 g/mol. The van der Waals surface area contributed by atoms with E-state index in [1.165, 1.54) is 35.6 Å². The van der Waals surface area contributed by atoms with E-state index in [9.17, 15) is 14.4 Å². The second kappa shape index (κ2) is 10.2. The van der Waals surface area contributed by atoms with Gasteiger partial charge in [0, 0.05) is 71.5 Å². The number of amides is 4. The second-order valence-corrected chi connectivity index (χ2v) is 12.2. The van der Waals surface area contributed by atoms with Crippen LogP contribution in [0.4, 0.5) is 4.79 Å². The molecule has 0 atom stereocenters. The largest absolute Gasteiger partial charge is 0.344 e. The van der Waals surface area contributed by atoms with Gasteiger partial charge in [0.15, 0.2) is 0 Å². The molecule has 8 rings (SSSR count). The lowest BCUT2D eigenvalue weighted by Crippen LogP contribution is -2.53. The Labute approximate surface area is 265 Å². The number of benzene rings is 4. The molecule has 6 aromatic rings. The van der Waals surface area contributed by atoms with Crippen molar-refractivity contribution >= 4 is 73.3 Å². The van der Waals surface area contributed by atoms with E-state index >= 15 is 0 Å². The maximum Gasteiger partial charge on any atom is 0.333 e. The van der Waals surface area contributed by atoms with E-state index in [0.717, 1.165) is 53.5 Å². The fraction of sp³-hybridized carbons (Fsp3) is 0.154. The summed E-state index contributed by atoms with van der Waals surface area (Å²) in [6.07, 6.45) is 9.58. The molecule has 0 N–H and O–H groups in total. The van der Waals surface area contributed by atoms with E-state index in [2.05, 4.69) is 108 Å². The normalized spacial score (nSPS) is 19.0. The SMILES string of the molecule is CN1C(=O)C(=C2/C(=C\C=c3\c4cccc5cccc(c54)n3C)CC/C2=C/C=c2/c3cccc4cccc(c43)n2C)C(=O)N(C)C1=O. The van der Waals surface area contributed by atoms with Crippen LogP contribution in [0.15, 0.2) is 107 Å². The average Bonchev–Trinajstić information content (AvgIpc) is 3.69. The molecule has 4 aromatic carbocycles. The summed E-state index contributed by atoms with van der Waals surface area (Å²) in [6, 6.07) is 24.6. The summed E-state index contributed by atoms with van der Waals surface area (Å²) in [6.45, 7) is 0. The van der Waals surface area contributed by atoms with Crippen LogP contribution in [-0.4, -0.2) is 50.9 Å². The number of nitrogens with zero attached hydrogens (tertiary/aromatic N) is 4. The maximum absolute atomic E-state index is 13.6. The molecule has 1 aliphatic carbocycles. The molecule has 3 heterocycles. The first-order valence-electron chi connectivity index (χ1n) is 15.4. The van der Waals surface area contributed by atoms with Gasteiger partial charge < -0.3 is 9.13 Å². The number of urea groups is 1. The average molecular weight is 605 g/mol. The second-order valence-electron chi connectivity index (χ2n) is 12.2. The number of rotatable bonds is 2. The fourth-order valence-electron chi connectivity index (χ4n) is 7.43. The highest BCUT2D eigenvalue weighted by molar-refractivity contribution is 6.29. The Balaban J connectivity index is 1.36. The molecule has 46 heavy (non-hydrogen) atoms. The third-order valence-corrected chi connectivity index (χ3v) is 9.81. The van der Waals surface area contributed by atoms with E-state index in [0.29, 0.717) is 18.4 Å². The van der Waals surface area contributed by atoms with Gasteiger partial charge in [0.05, 0.1) is 0 Å². The number of carbonyl (C=O) groups excluding carboxylic acids is 3. The molecule has 4 amide bonds. The molecule has 0 radical (unpaired) electrons. The number of imide groups is 2. The van der Waals surface area contributed by atoms with Gasteiger partial charge in [0.25, 0.3) is 11.8 Å². The van der Waals surface area contributed by atoms with Crippen molar-refractivity contribution in [2.45, 2.75) is 12.8 Å². The molecule has 1 saturated carbocycles. The van der Waals surface area contributed by atoms with Crippen LogP contribution in [0.25, 0.3) is 55.5 Å². The smallest absolute Gasteiger partial charge is 0.333 e. The molecule has 226 valence electrons. The van der Waals surface area contributed by atoms with Gasteiger partial charge in [-0.2, -0.15) is 0 Å². The highest BCUT2D eigenvalue weighted by Crippen LogP contribution is 2.40. The highest BCUT2D eigenvalue weighted by Gasteiger charge is 2.41. The Morgan fingerprint density at radius 1 is 0.522 bits per heavy atom. The Bertz CT molecular complexity index is 2360. The van der Waals surface area contributed by atoms with Gasteiger partial charge in [-0.15, -0.1) is 0 Å². The van der Waals surface area contributed by atoms with Crippen molar-refractivity contribution in [2.24, 2.45) is 14.1 Å². The number of aromatic nitrogens is 2. The van der Waals surface area contributed by atoms with Crippen LogP contribution in [-0.2, 0) is 23.7 Å². The summed E-state index contributed by atoms with van der Waals surface area (Å²) in [5.41, 5.74) is 4.73. The lowest BCUT2D eigenvalue weighted by molar-refractivity contribution is -0.134. The van der Waals surface area contributed by atoms with Gasteiger partial charge in [0.2, 0.25) is 0 Å². The zero-order valence-electron chi connectivity index (χ0n) is 26.2. The highest BCUT2D eigenvalue weighted by atomic mass is 16.2. The molecule has 2 aromatic heterocycles. The van der Waals surface area contributed by atoms with Crippen molar-refractivity contribution < 1.29 is 14.4 Å². The number of hydrogen-bond acceptors (Lipinski definition) is 3. The predicted molar refractivity (Wildman–Crippen MR) is 184 cm³/mol. The molecular formula is C39H32N4O3. The Morgan fingerprint density at radius 2 is 0.935 bits per heavy atom. The van der Waals surface area contributed by atoms with Crippen molar-refractivity contribution in [1.29, 1.82) is 0 Å². The Hall–Kier alpha value is -5.69. The van der Waals surface area contributed by atoms with Crippen LogP contribution in [0.1, 0.15) is 12.8 Å². The van der Waals surface area contributed by atoms with E-state index in [4.69, 9.17) is 0 Å². The van der Waals surface area contributed by atoms with Crippen LogP contribution in [0.3, 0.4) is 0 Å².